The number of hydrogen-bond acceptors (Lipinski definition) is 4. The third-order valence-corrected chi connectivity index (χ3v) is 3.43. The molecular weight excluding hydrogens is 264 g/mol. The molecule has 0 aliphatic rings. The summed E-state index contributed by atoms with van der Waals surface area (Å²) in [5, 5.41) is 4.37. The predicted molar refractivity (Wildman–Crippen MR) is 80.2 cm³/mol. The van der Waals surface area contributed by atoms with Crippen LogP contribution >= 0.6 is 0 Å². The topological polar surface area (TPSA) is 60.7 Å². The second kappa shape index (κ2) is 5.44. The third-order valence-electron chi connectivity index (χ3n) is 3.43. The van der Waals surface area contributed by atoms with Gasteiger partial charge in [-0.05, 0) is 32.0 Å². The molecule has 0 bridgehead atoms. The minimum absolute atomic E-state index is 0.0377. The number of carbonyl (C=O) groups is 1. The van der Waals surface area contributed by atoms with Gasteiger partial charge < -0.3 is 0 Å². The number of carbonyl (C=O) groups excluding carboxylic acids is 1. The molecule has 3 rings (SSSR count). The fourth-order valence-corrected chi connectivity index (χ4v) is 2.49. The predicted octanol–water partition coefficient (Wildman–Crippen LogP) is 2.58. The number of para-hydroxylation sites is 1. The number of fused-ring (bicyclic) bond motifs is 1. The molecule has 0 aliphatic carbocycles. The van der Waals surface area contributed by atoms with E-state index in [0.29, 0.717) is 17.5 Å². The fraction of sp³-hybridized carbons (Fsp3) is 0.250. The summed E-state index contributed by atoms with van der Waals surface area (Å²) in [4.78, 5) is 21.1. The maximum Gasteiger partial charge on any atom is 0.171 e. The first-order valence-electron chi connectivity index (χ1n) is 6.95. The van der Waals surface area contributed by atoms with Gasteiger partial charge in [-0.25, -0.2) is 0 Å². The monoisotopic (exact) mass is 280 g/mol. The Balaban J connectivity index is 1.97. The normalized spacial score (nSPS) is 11.0. The van der Waals surface area contributed by atoms with E-state index in [0.717, 1.165) is 23.4 Å². The largest absolute Gasteiger partial charge is 0.294 e. The summed E-state index contributed by atoms with van der Waals surface area (Å²) in [6.07, 6.45) is 3.57. The molecule has 0 spiro atoms. The van der Waals surface area contributed by atoms with Crippen LogP contribution < -0.4 is 0 Å². The second-order valence-electron chi connectivity index (χ2n) is 4.92. The average Bonchev–Trinajstić information content (AvgIpc) is 2.86. The van der Waals surface area contributed by atoms with Gasteiger partial charge in [0.2, 0.25) is 0 Å². The smallest absolute Gasteiger partial charge is 0.171 e. The van der Waals surface area contributed by atoms with Crippen LogP contribution in [0.2, 0.25) is 0 Å². The van der Waals surface area contributed by atoms with E-state index in [-0.39, 0.29) is 5.78 Å². The molecule has 2 aromatic heterocycles. The summed E-state index contributed by atoms with van der Waals surface area (Å²) in [7, 11) is 0. The number of hydrogen-bond donors (Lipinski definition) is 0. The van der Waals surface area contributed by atoms with Crippen LogP contribution in [0.5, 0.6) is 0 Å². The van der Waals surface area contributed by atoms with Crippen molar-refractivity contribution < 1.29 is 4.79 Å². The van der Waals surface area contributed by atoms with Crippen molar-refractivity contribution in [2.24, 2.45) is 0 Å². The molecule has 0 saturated heterocycles. The van der Waals surface area contributed by atoms with Crippen molar-refractivity contribution in [2.75, 3.05) is 0 Å². The lowest BCUT2D eigenvalue weighted by Gasteiger charge is -2.06. The molecule has 1 aromatic carbocycles. The Labute approximate surface area is 122 Å². The molecule has 0 unspecified atom stereocenters. The van der Waals surface area contributed by atoms with Crippen LogP contribution in [0.3, 0.4) is 0 Å². The van der Waals surface area contributed by atoms with E-state index in [2.05, 4.69) is 15.1 Å². The quantitative estimate of drug-likeness (QED) is 0.689. The molecule has 0 radical (unpaired) electrons. The lowest BCUT2D eigenvalue weighted by molar-refractivity contribution is 0.0992. The van der Waals surface area contributed by atoms with Gasteiger partial charge in [0.05, 0.1) is 23.1 Å². The molecule has 0 saturated carbocycles. The van der Waals surface area contributed by atoms with Crippen molar-refractivity contribution in [3.8, 4) is 0 Å². The van der Waals surface area contributed by atoms with Crippen molar-refractivity contribution in [1.82, 2.24) is 19.7 Å². The lowest BCUT2D eigenvalue weighted by atomic mass is 10.0. The highest BCUT2D eigenvalue weighted by Crippen LogP contribution is 2.17. The Morgan fingerprint density at radius 1 is 1.24 bits per heavy atom. The van der Waals surface area contributed by atoms with Crippen LogP contribution in [-0.4, -0.2) is 25.5 Å². The third kappa shape index (κ3) is 2.54. The van der Waals surface area contributed by atoms with Gasteiger partial charge in [-0.1, -0.05) is 6.07 Å². The average molecular weight is 280 g/mol. The minimum Gasteiger partial charge on any atom is -0.294 e. The number of benzene rings is 1. The van der Waals surface area contributed by atoms with E-state index in [1.165, 1.54) is 0 Å². The number of ketones is 1. The summed E-state index contributed by atoms with van der Waals surface area (Å²) in [5.41, 5.74) is 3.87. The Morgan fingerprint density at radius 2 is 2.05 bits per heavy atom. The number of nitrogens with zero attached hydrogens (tertiary/aromatic N) is 4. The Morgan fingerprint density at radius 3 is 2.86 bits per heavy atom. The molecule has 5 nitrogen and oxygen atoms in total. The van der Waals surface area contributed by atoms with Gasteiger partial charge in [-0.15, -0.1) is 0 Å². The first kappa shape index (κ1) is 13.4. The zero-order valence-corrected chi connectivity index (χ0v) is 12.1. The SMILES string of the molecule is CCn1nc(C)cc1CC(=O)c1cccc2nccnc12. The second-order valence-corrected chi connectivity index (χ2v) is 4.92. The van der Waals surface area contributed by atoms with Crippen LogP contribution in [-0.2, 0) is 13.0 Å². The van der Waals surface area contributed by atoms with Crippen molar-refractivity contribution in [3.63, 3.8) is 0 Å². The van der Waals surface area contributed by atoms with Gasteiger partial charge in [0.15, 0.2) is 5.78 Å². The maximum atomic E-state index is 12.6. The highest BCUT2D eigenvalue weighted by molar-refractivity contribution is 6.06. The van der Waals surface area contributed by atoms with Crippen molar-refractivity contribution in [1.29, 1.82) is 0 Å². The van der Waals surface area contributed by atoms with Crippen LogP contribution in [0, 0.1) is 6.92 Å². The van der Waals surface area contributed by atoms with Crippen LogP contribution in [0.25, 0.3) is 11.0 Å². The van der Waals surface area contributed by atoms with Gasteiger partial charge in [-0.3, -0.25) is 19.4 Å². The zero-order chi connectivity index (χ0) is 14.8. The van der Waals surface area contributed by atoms with Gasteiger partial charge >= 0.3 is 0 Å². The van der Waals surface area contributed by atoms with Crippen molar-refractivity contribution in [3.05, 3.63) is 53.6 Å². The molecule has 0 amide bonds. The molecular formula is C16H16N4O. The van der Waals surface area contributed by atoms with Gasteiger partial charge in [-0.2, -0.15) is 5.10 Å². The Kier molecular flexibility index (Phi) is 3.48. The number of rotatable bonds is 4. The van der Waals surface area contributed by atoms with Crippen molar-refractivity contribution >= 4 is 16.8 Å². The number of aromatic nitrogens is 4. The zero-order valence-electron chi connectivity index (χ0n) is 12.1. The summed E-state index contributed by atoms with van der Waals surface area (Å²) in [6, 6.07) is 7.46. The highest BCUT2D eigenvalue weighted by atomic mass is 16.1. The van der Waals surface area contributed by atoms with Crippen LogP contribution in [0.15, 0.2) is 36.7 Å². The van der Waals surface area contributed by atoms with Crippen LogP contribution in [0.4, 0.5) is 0 Å². The molecule has 0 atom stereocenters. The van der Waals surface area contributed by atoms with E-state index in [1.54, 1.807) is 18.5 Å². The summed E-state index contributed by atoms with van der Waals surface area (Å²) >= 11 is 0. The maximum absolute atomic E-state index is 12.6. The van der Waals surface area contributed by atoms with E-state index in [1.807, 2.05) is 36.7 Å². The first-order valence-corrected chi connectivity index (χ1v) is 6.95. The lowest BCUT2D eigenvalue weighted by Crippen LogP contribution is -2.10. The summed E-state index contributed by atoms with van der Waals surface area (Å²) < 4.78 is 1.87. The molecule has 0 aliphatic heterocycles. The molecule has 2 heterocycles. The number of Topliss-reactive ketones (excluding diaryl/α,β-unsaturated/α-hetero) is 1. The molecule has 0 N–H and O–H groups in total. The summed E-state index contributed by atoms with van der Waals surface area (Å²) in [6.45, 7) is 4.71. The molecule has 21 heavy (non-hydrogen) atoms. The molecule has 5 heteroatoms. The molecule has 0 fully saturated rings. The fourth-order valence-electron chi connectivity index (χ4n) is 2.49. The van der Waals surface area contributed by atoms with E-state index in [4.69, 9.17) is 0 Å². The first-order chi connectivity index (χ1) is 10.2. The Hall–Kier alpha value is -2.56. The van der Waals surface area contributed by atoms with Gasteiger partial charge in [0.1, 0.15) is 0 Å². The summed E-state index contributed by atoms with van der Waals surface area (Å²) in [5.74, 6) is 0.0377. The Bertz CT molecular complexity index is 802. The van der Waals surface area contributed by atoms with Gasteiger partial charge in [0, 0.05) is 30.2 Å². The molecule has 106 valence electrons. The van der Waals surface area contributed by atoms with E-state index in [9.17, 15) is 4.79 Å². The molecule has 3 aromatic rings. The van der Waals surface area contributed by atoms with E-state index >= 15 is 0 Å². The number of aryl methyl sites for hydroxylation is 2. The van der Waals surface area contributed by atoms with E-state index < -0.39 is 0 Å². The highest BCUT2D eigenvalue weighted by Gasteiger charge is 2.15. The van der Waals surface area contributed by atoms with Crippen LogP contribution in [0.1, 0.15) is 28.7 Å². The van der Waals surface area contributed by atoms with Gasteiger partial charge in [0.25, 0.3) is 0 Å². The minimum atomic E-state index is 0.0377. The van der Waals surface area contributed by atoms with Crippen molar-refractivity contribution in [2.45, 2.75) is 26.8 Å². The standard InChI is InChI=1S/C16H16N4O/c1-3-20-12(9-11(2)19-20)10-15(21)13-5-4-6-14-16(13)18-8-7-17-14/h4-9H,3,10H2,1-2H3.